The van der Waals surface area contributed by atoms with Gasteiger partial charge in [0.05, 0.1) is 11.3 Å². The fourth-order valence-corrected chi connectivity index (χ4v) is 3.41. The fraction of sp³-hybridized carbons (Fsp3) is 0.105. The molecule has 144 valence electrons. The van der Waals surface area contributed by atoms with E-state index in [1.807, 2.05) is 0 Å². The molecule has 0 atom stereocenters. The van der Waals surface area contributed by atoms with Crippen molar-refractivity contribution in [1.82, 2.24) is 10.3 Å². The Bertz CT molecular complexity index is 994. The van der Waals surface area contributed by atoms with E-state index in [0.717, 1.165) is 23.9 Å². The second-order valence-electron chi connectivity index (χ2n) is 5.77. The van der Waals surface area contributed by atoms with E-state index < -0.39 is 17.5 Å². The average molecular weight is 403 g/mol. The van der Waals surface area contributed by atoms with Crippen LogP contribution in [0.25, 0.3) is 11.1 Å². The molecule has 0 saturated carbocycles. The number of nitrogens with zero attached hydrogens (tertiary/aromatic N) is 2. The predicted molar refractivity (Wildman–Crippen MR) is 103 cm³/mol. The third-order valence-electron chi connectivity index (χ3n) is 3.90. The van der Waals surface area contributed by atoms with Gasteiger partial charge >= 0.3 is 0 Å². The van der Waals surface area contributed by atoms with Crippen molar-refractivity contribution in [3.8, 4) is 16.9 Å². The molecule has 9 heteroatoms. The molecule has 6 nitrogen and oxygen atoms in total. The lowest BCUT2D eigenvalue weighted by atomic mass is 10.0. The molecule has 1 saturated heterocycles. The number of nitrogens with one attached hydrogen (secondary N) is 1. The molecular formula is C19H15F2N3O3S. The number of aromatic hydroxyl groups is 1. The van der Waals surface area contributed by atoms with E-state index in [1.165, 1.54) is 35.2 Å². The number of halogens is 2. The standard InChI is InChI=1S/C19H15F2N3O3S/c1-2-7-24-17(26)10-28-19(24)23-22-18(27)14-8-11(3-6-16(14)25)13-5-4-12(20)9-15(13)21/h2-6,8-9,25H,1,7,10H2,(H,22,27)/b23-19+. The van der Waals surface area contributed by atoms with E-state index in [1.54, 1.807) is 0 Å². The van der Waals surface area contributed by atoms with E-state index in [4.69, 9.17) is 0 Å². The van der Waals surface area contributed by atoms with Gasteiger partial charge in [-0.25, -0.2) is 14.2 Å². The smallest absolute Gasteiger partial charge is 0.275 e. The highest BCUT2D eigenvalue weighted by molar-refractivity contribution is 8.15. The Labute approximate surface area is 163 Å². The highest BCUT2D eigenvalue weighted by Crippen LogP contribution is 2.28. The number of phenols is 1. The van der Waals surface area contributed by atoms with Crippen LogP contribution in [0.4, 0.5) is 8.78 Å². The molecule has 2 amide bonds. The molecule has 0 bridgehead atoms. The first kappa shape index (κ1) is 19.6. The highest BCUT2D eigenvalue weighted by atomic mass is 32.2. The van der Waals surface area contributed by atoms with Crippen LogP contribution in [-0.4, -0.2) is 39.3 Å². The van der Waals surface area contributed by atoms with Crippen molar-refractivity contribution >= 4 is 28.7 Å². The number of hydrazone groups is 1. The first-order chi connectivity index (χ1) is 13.4. The topological polar surface area (TPSA) is 82.0 Å². The summed E-state index contributed by atoms with van der Waals surface area (Å²) in [5, 5.41) is 14.2. The van der Waals surface area contributed by atoms with Crippen LogP contribution in [0, 0.1) is 11.6 Å². The third kappa shape index (κ3) is 4.04. The number of carbonyl (C=O) groups excluding carboxylic acids is 2. The Hall–Kier alpha value is -3.20. The van der Waals surface area contributed by atoms with Gasteiger partial charge in [-0.3, -0.25) is 14.5 Å². The predicted octanol–water partition coefficient (Wildman–Crippen LogP) is 3.10. The van der Waals surface area contributed by atoms with Gasteiger partial charge in [-0.05, 0) is 29.8 Å². The van der Waals surface area contributed by atoms with Gasteiger partial charge in [0.25, 0.3) is 5.91 Å². The average Bonchev–Trinajstić information content (AvgIpc) is 3.01. The molecular weight excluding hydrogens is 388 g/mol. The molecule has 3 rings (SSSR count). The van der Waals surface area contributed by atoms with Crippen LogP contribution in [0.2, 0.25) is 0 Å². The number of rotatable bonds is 5. The van der Waals surface area contributed by atoms with Gasteiger partial charge in [-0.1, -0.05) is 23.9 Å². The molecule has 0 radical (unpaired) electrons. The van der Waals surface area contributed by atoms with Crippen LogP contribution < -0.4 is 5.43 Å². The number of hydrogen-bond donors (Lipinski definition) is 2. The molecule has 1 aliphatic heterocycles. The molecule has 2 aromatic carbocycles. The SMILES string of the molecule is C=CCN1C(=O)CS/C1=N/NC(=O)c1cc(-c2ccc(F)cc2F)ccc1O. The minimum absolute atomic E-state index is 0.0795. The summed E-state index contributed by atoms with van der Waals surface area (Å²) in [6.07, 6.45) is 1.54. The molecule has 0 aliphatic carbocycles. The van der Waals surface area contributed by atoms with Crippen molar-refractivity contribution in [1.29, 1.82) is 0 Å². The lowest BCUT2D eigenvalue weighted by Crippen LogP contribution is -2.31. The monoisotopic (exact) mass is 403 g/mol. The summed E-state index contributed by atoms with van der Waals surface area (Å²) in [4.78, 5) is 25.6. The Morgan fingerprint density at radius 3 is 2.82 bits per heavy atom. The minimum Gasteiger partial charge on any atom is -0.507 e. The highest BCUT2D eigenvalue weighted by Gasteiger charge is 2.27. The summed E-state index contributed by atoms with van der Waals surface area (Å²) < 4.78 is 27.1. The Morgan fingerprint density at radius 2 is 2.11 bits per heavy atom. The van der Waals surface area contributed by atoms with Crippen molar-refractivity contribution in [2.75, 3.05) is 12.3 Å². The molecule has 0 aromatic heterocycles. The van der Waals surface area contributed by atoms with Crippen LogP contribution >= 0.6 is 11.8 Å². The van der Waals surface area contributed by atoms with E-state index in [0.29, 0.717) is 5.17 Å². The van der Waals surface area contributed by atoms with Gasteiger partial charge < -0.3 is 5.11 Å². The van der Waals surface area contributed by atoms with Crippen molar-refractivity contribution in [3.05, 3.63) is 66.3 Å². The number of hydrogen-bond acceptors (Lipinski definition) is 5. The summed E-state index contributed by atoms with van der Waals surface area (Å²) in [6, 6.07) is 6.99. The zero-order chi connectivity index (χ0) is 20.3. The number of amides is 2. The lowest BCUT2D eigenvalue weighted by Gasteiger charge is -2.13. The first-order valence-corrected chi connectivity index (χ1v) is 9.09. The summed E-state index contributed by atoms with van der Waals surface area (Å²) in [5.41, 5.74) is 2.50. The largest absolute Gasteiger partial charge is 0.507 e. The van der Waals surface area contributed by atoms with Gasteiger partial charge in [-0.15, -0.1) is 11.7 Å². The number of carbonyl (C=O) groups is 2. The second kappa shape index (κ2) is 8.22. The summed E-state index contributed by atoms with van der Waals surface area (Å²) in [6.45, 7) is 3.82. The van der Waals surface area contributed by atoms with Gasteiger partial charge in [0.15, 0.2) is 5.17 Å². The van der Waals surface area contributed by atoms with Crippen molar-refractivity contribution in [2.45, 2.75) is 0 Å². The quantitative estimate of drug-likeness (QED) is 0.594. The third-order valence-corrected chi connectivity index (χ3v) is 4.87. The Morgan fingerprint density at radius 1 is 1.32 bits per heavy atom. The molecule has 2 N–H and O–H groups in total. The first-order valence-electron chi connectivity index (χ1n) is 8.11. The number of thioether (sulfide) groups is 1. The Kier molecular flexibility index (Phi) is 5.74. The maximum atomic E-state index is 14.0. The normalized spacial score (nSPS) is 15.1. The van der Waals surface area contributed by atoms with Gasteiger partial charge in [0.2, 0.25) is 5.91 Å². The molecule has 1 fully saturated rings. The van der Waals surface area contributed by atoms with Crippen molar-refractivity contribution < 1.29 is 23.5 Å². The van der Waals surface area contributed by atoms with Crippen molar-refractivity contribution in [2.24, 2.45) is 5.10 Å². The van der Waals surface area contributed by atoms with Crippen LogP contribution in [0.15, 0.2) is 54.2 Å². The molecule has 1 heterocycles. The van der Waals surface area contributed by atoms with Gasteiger partial charge in [0, 0.05) is 18.2 Å². The summed E-state index contributed by atoms with van der Waals surface area (Å²) in [5.74, 6) is -2.54. The molecule has 2 aromatic rings. The lowest BCUT2D eigenvalue weighted by molar-refractivity contribution is -0.123. The molecule has 28 heavy (non-hydrogen) atoms. The molecule has 0 unspecified atom stereocenters. The van der Waals surface area contributed by atoms with E-state index in [2.05, 4.69) is 17.1 Å². The maximum absolute atomic E-state index is 14.0. The molecule has 0 spiro atoms. The van der Waals surface area contributed by atoms with E-state index in [9.17, 15) is 23.5 Å². The fourth-order valence-electron chi connectivity index (χ4n) is 2.56. The number of amidine groups is 1. The zero-order valence-corrected chi connectivity index (χ0v) is 15.3. The van der Waals surface area contributed by atoms with Crippen LogP contribution in [-0.2, 0) is 4.79 Å². The van der Waals surface area contributed by atoms with Gasteiger partial charge in [0.1, 0.15) is 17.4 Å². The van der Waals surface area contributed by atoms with Crippen molar-refractivity contribution in [3.63, 3.8) is 0 Å². The van der Waals surface area contributed by atoms with E-state index in [-0.39, 0.29) is 40.6 Å². The van der Waals surface area contributed by atoms with Crippen LogP contribution in [0.1, 0.15) is 10.4 Å². The summed E-state index contributed by atoms with van der Waals surface area (Å²) in [7, 11) is 0. The number of phenolic OH excluding ortho intramolecular Hbond substituents is 1. The van der Waals surface area contributed by atoms with Crippen LogP contribution in [0.5, 0.6) is 5.75 Å². The Balaban J connectivity index is 1.85. The molecule has 1 aliphatic rings. The maximum Gasteiger partial charge on any atom is 0.275 e. The minimum atomic E-state index is -0.793. The zero-order valence-electron chi connectivity index (χ0n) is 14.5. The second-order valence-corrected chi connectivity index (χ2v) is 6.72. The van der Waals surface area contributed by atoms with Crippen LogP contribution in [0.3, 0.4) is 0 Å². The van der Waals surface area contributed by atoms with Gasteiger partial charge in [-0.2, -0.15) is 0 Å². The van der Waals surface area contributed by atoms with E-state index >= 15 is 0 Å². The number of benzene rings is 2. The summed E-state index contributed by atoms with van der Waals surface area (Å²) >= 11 is 1.16.